The van der Waals surface area contributed by atoms with E-state index in [-0.39, 0.29) is 18.2 Å². The minimum Gasteiger partial charge on any atom is -0.492 e. The van der Waals surface area contributed by atoms with E-state index in [1.807, 2.05) is 73.7 Å². The van der Waals surface area contributed by atoms with Crippen LogP contribution in [0.25, 0.3) is 11.1 Å². The van der Waals surface area contributed by atoms with Crippen LogP contribution in [-0.4, -0.2) is 67.5 Å². The van der Waals surface area contributed by atoms with Gasteiger partial charge in [-0.3, -0.25) is 9.69 Å². The third-order valence-electron chi connectivity index (χ3n) is 7.21. The van der Waals surface area contributed by atoms with Crippen molar-refractivity contribution in [1.29, 1.82) is 0 Å². The predicted molar refractivity (Wildman–Crippen MR) is 155 cm³/mol. The van der Waals surface area contributed by atoms with E-state index in [2.05, 4.69) is 10.2 Å². The Morgan fingerprint density at radius 1 is 1.05 bits per heavy atom. The van der Waals surface area contributed by atoms with E-state index in [0.717, 1.165) is 48.1 Å². The zero-order chi connectivity index (χ0) is 28.7. The van der Waals surface area contributed by atoms with Crippen molar-refractivity contribution in [3.8, 4) is 16.9 Å². The molecule has 2 N–H and O–H groups in total. The number of hydrogen-bond donors (Lipinski definition) is 2. The van der Waals surface area contributed by atoms with Gasteiger partial charge in [0.05, 0.1) is 5.75 Å². The van der Waals surface area contributed by atoms with E-state index in [1.54, 1.807) is 6.07 Å². The summed E-state index contributed by atoms with van der Waals surface area (Å²) in [7, 11) is -3.38. The van der Waals surface area contributed by atoms with Crippen molar-refractivity contribution in [1.82, 2.24) is 10.2 Å². The van der Waals surface area contributed by atoms with Crippen LogP contribution in [0, 0.1) is 6.92 Å². The summed E-state index contributed by atoms with van der Waals surface area (Å²) in [5.74, 6) is -1.31. The van der Waals surface area contributed by atoms with Crippen LogP contribution in [0.1, 0.15) is 40.7 Å². The van der Waals surface area contributed by atoms with E-state index in [4.69, 9.17) is 4.74 Å². The quantitative estimate of drug-likeness (QED) is 0.337. The van der Waals surface area contributed by atoms with Crippen molar-refractivity contribution in [2.75, 3.05) is 25.2 Å². The van der Waals surface area contributed by atoms with Crippen molar-refractivity contribution in [2.24, 2.45) is 0 Å². The molecule has 0 bridgehead atoms. The molecule has 0 aliphatic carbocycles. The van der Waals surface area contributed by atoms with Gasteiger partial charge in [0.15, 0.2) is 0 Å². The van der Waals surface area contributed by atoms with Gasteiger partial charge in [0.1, 0.15) is 28.2 Å². The lowest BCUT2D eigenvalue weighted by atomic mass is 9.93. The van der Waals surface area contributed by atoms with Gasteiger partial charge in [-0.25, -0.2) is 13.2 Å². The van der Waals surface area contributed by atoms with Crippen LogP contribution in [0.5, 0.6) is 5.75 Å². The van der Waals surface area contributed by atoms with E-state index in [0.29, 0.717) is 24.3 Å². The largest absolute Gasteiger partial charge is 0.492 e. The molecular weight excluding hydrogens is 528 g/mol. The fraction of sp³-hybridized carbons (Fsp3) is 0.355. The number of carbonyl (C=O) groups is 2. The van der Waals surface area contributed by atoms with Gasteiger partial charge in [0, 0.05) is 24.4 Å². The fourth-order valence-corrected chi connectivity index (χ4v) is 5.71. The minimum absolute atomic E-state index is 0.209. The number of benzene rings is 3. The molecule has 1 amide bonds. The van der Waals surface area contributed by atoms with Crippen LogP contribution in [0.15, 0.2) is 72.8 Å². The topological polar surface area (TPSA) is 113 Å². The molecule has 1 aliphatic heterocycles. The fourth-order valence-electron chi connectivity index (χ4n) is 5.05. The number of amides is 1. The first-order chi connectivity index (χ1) is 19.1. The summed E-state index contributed by atoms with van der Waals surface area (Å²) in [5, 5.41) is 12.2. The molecule has 4 rings (SSSR count). The summed E-state index contributed by atoms with van der Waals surface area (Å²) in [4.78, 5) is 27.5. The number of carboxylic acids is 1. The van der Waals surface area contributed by atoms with Gasteiger partial charge in [-0.2, -0.15) is 0 Å². The molecule has 9 heteroatoms. The van der Waals surface area contributed by atoms with Crippen molar-refractivity contribution in [3.63, 3.8) is 0 Å². The van der Waals surface area contributed by atoms with Gasteiger partial charge in [-0.15, -0.1) is 0 Å². The average molecular weight is 565 g/mol. The number of aliphatic carboxylic acids is 1. The lowest BCUT2D eigenvalue weighted by Crippen LogP contribution is -2.42. The number of likely N-dealkylation sites (tertiary alicyclic amines) is 1. The molecule has 3 aromatic rings. The molecule has 1 aliphatic rings. The highest BCUT2D eigenvalue weighted by molar-refractivity contribution is 7.90. The predicted octanol–water partition coefficient (Wildman–Crippen LogP) is 4.32. The van der Waals surface area contributed by atoms with Gasteiger partial charge < -0.3 is 15.2 Å². The molecule has 0 aromatic heterocycles. The number of nitrogens with zero attached hydrogens (tertiary/aromatic N) is 1. The Kier molecular flexibility index (Phi) is 9.60. The van der Waals surface area contributed by atoms with Gasteiger partial charge >= 0.3 is 5.97 Å². The molecule has 0 saturated carbocycles. The third-order valence-corrected chi connectivity index (χ3v) is 8.19. The number of ether oxygens (including phenoxy) is 1. The molecule has 0 radical (unpaired) electrons. The van der Waals surface area contributed by atoms with Gasteiger partial charge in [-0.1, -0.05) is 48.5 Å². The Labute approximate surface area is 235 Å². The first-order valence-corrected chi connectivity index (χ1v) is 15.5. The summed E-state index contributed by atoms with van der Waals surface area (Å²) >= 11 is 0. The highest BCUT2D eigenvalue weighted by atomic mass is 32.2. The maximum atomic E-state index is 13.4. The Morgan fingerprint density at radius 3 is 2.48 bits per heavy atom. The zero-order valence-electron chi connectivity index (χ0n) is 22.9. The lowest BCUT2D eigenvalue weighted by Gasteiger charge is -2.25. The van der Waals surface area contributed by atoms with Crippen LogP contribution in [0.4, 0.5) is 0 Å². The minimum atomic E-state index is -3.38. The van der Waals surface area contributed by atoms with Crippen molar-refractivity contribution in [2.45, 2.75) is 44.8 Å². The normalized spacial score (nSPS) is 16.4. The molecule has 0 unspecified atom stereocenters. The summed E-state index contributed by atoms with van der Waals surface area (Å²) in [6, 6.07) is 22.1. The van der Waals surface area contributed by atoms with Crippen LogP contribution >= 0.6 is 0 Å². The van der Waals surface area contributed by atoms with E-state index < -0.39 is 27.8 Å². The van der Waals surface area contributed by atoms with E-state index in [9.17, 15) is 23.1 Å². The molecule has 8 nitrogen and oxygen atoms in total. The van der Waals surface area contributed by atoms with E-state index >= 15 is 0 Å². The van der Waals surface area contributed by atoms with Gasteiger partial charge in [0.25, 0.3) is 5.91 Å². The van der Waals surface area contributed by atoms with Gasteiger partial charge in [-0.05, 0) is 79.3 Å². The van der Waals surface area contributed by atoms with Crippen LogP contribution in [-0.2, 0) is 21.2 Å². The SMILES string of the molecule is Cc1ccccc1-c1cc(CN2CCC[C@H]2COc2ccccc2)ccc1C(=O)N[C@@H](CCS(C)(=O)=O)C(=O)O. The summed E-state index contributed by atoms with van der Waals surface area (Å²) < 4.78 is 29.2. The Balaban J connectivity index is 1.56. The maximum Gasteiger partial charge on any atom is 0.326 e. The first-order valence-electron chi connectivity index (χ1n) is 13.4. The second kappa shape index (κ2) is 13.1. The number of carboxylic acid groups (broad SMARTS) is 1. The van der Waals surface area contributed by atoms with Gasteiger partial charge in [0.2, 0.25) is 0 Å². The Bertz CT molecular complexity index is 1440. The number of sulfone groups is 1. The monoisotopic (exact) mass is 564 g/mol. The van der Waals surface area contributed by atoms with Crippen LogP contribution < -0.4 is 10.1 Å². The number of para-hydroxylation sites is 1. The summed E-state index contributed by atoms with van der Waals surface area (Å²) in [6.07, 6.45) is 2.96. The molecule has 212 valence electrons. The second-order valence-corrected chi connectivity index (χ2v) is 12.6. The molecule has 2 atom stereocenters. The molecule has 1 heterocycles. The average Bonchev–Trinajstić information content (AvgIpc) is 3.36. The number of rotatable bonds is 12. The Morgan fingerprint density at radius 2 is 1.77 bits per heavy atom. The van der Waals surface area contributed by atoms with Crippen molar-refractivity contribution in [3.05, 3.63) is 89.5 Å². The van der Waals surface area contributed by atoms with Crippen LogP contribution in [0.2, 0.25) is 0 Å². The zero-order valence-corrected chi connectivity index (χ0v) is 23.7. The van der Waals surface area contributed by atoms with Crippen molar-refractivity contribution < 1.29 is 27.9 Å². The summed E-state index contributed by atoms with van der Waals surface area (Å²) in [6.45, 7) is 4.20. The number of aryl methyl sites for hydroxylation is 1. The molecule has 1 fully saturated rings. The first kappa shape index (κ1) is 29.3. The van der Waals surface area contributed by atoms with E-state index in [1.165, 1.54) is 0 Å². The standard InChI is InChI=1S/C31H36N2O6S/c1-22-9-6-7-13-26(22)28-19-23(20-33-17-8-10-24(33)21-39-25-11-4-3-5-12-25)14-15-27(28)30(34)32-29(31(35)36)16-18-40(2,37)38/h3-7,9,11-15,19,24,29H,8,10,16-18,20-21H2,1-2H3,(H,32,34)(H,35,36)/t24-,29-/m0/s1. The van der Waals surface area contributed by atoms with Crippen LogP contribution in [0.3, 0.4) is 0 Å². The maximum absolute atomic E-state index is 13.4. The number of carbonyl (C=O) groups excluding carboxylic acids is 1. The smallest absolute Gasteiger partial charge is 0.326 e. The number of hydrogen-bond acceptors (Lipinski definition) is 6. The molecule has 40 heavy (non-hydrogen) atoms. The summed E-state index contributed by atoms with van der Waals surface area (Å²) in [5.41, 5.74) is 3.94. The van der Waals surface area contributed by atoms with Crippen molar-refractivity contribution >= 4 is 21.7 Å². The highest BCUT2D eigenvalue weighted by Gasteiger charge is 2.27. The lowest BCUT2D eigenvalue weighted by molar-refractivity contribution is -0.139. The highest BCUT2D eigenvalue weighted by Crippen LogP contribution is 2.30. The molecule has 3 aromatic carbocycles. The molecule has 1 saturated heterocycles. The number of nitrogens with one attached hydrogen (secondary N) is 1. The molecule has 0 spiro atoms. The third kappa shape index (κ3) is 7.92. The molecular formula is C31H36N2O6S. The second-order valence-electron chi connectivity index (χ2n) is 10.4. The Hall–Kier alpha value is -3.69.